The fourth-order valence-corrected chi connectivity index (χ4v) is 3.38. The van der Waals surface area contributed by atoms with Gasteiger partial charge in [0.05, 0.1) is 4.90 Å². The van der Waals surface area contributed by atoms with Gasteiger partial charge in [-0.1, -0.05) is 22.0 Å². The van der Waals surface area contributed by atoms with E-state index in [2.05, 4.69) is 26.6 Å². The number of nitrogens with one attached hydrogen (secondary N) is 2. The third kappa shape index (κ3) is 5.80. The van der Waals surface area contributed by atoms with Gasteiger partial charge in [-0.15, -0.1) is 0 Å². The van der Waals surface area contributed by atoms with Crippen LogP contribution >= 0.6 is 15.9 Å². The molecule has 0 spiro atoms. The molecule has 0 heterocycles. The summed E-state index contributed by atoms with van der Waals surface area (Å²) in [4.78, 5) is 23.1. The first-order valence-electron chi connectivity index (χ1n) is 8.17. The number of sulfone groups is 1. The molecule has 0 saturated heterocycles. The van der Waals surface area contributed by atoms with E-state index in [9.17, 15) is 31.2 Å². The highest BCUT2D eigenvalue weighted by molar-refractivity contribution is 9.10. The molecule has 0 fully saturated rings. The molecule has 0 bridgehead atoms. The second-order valence-corrected chi connectivity index (χ2v) is 8.84. The minimum absolute atomic E-state index is 0.0136. The van der Waals surface area contributed by atoms with Crippen LogP contribution in [0.5, 0.6) is 0 Å². The second-order valence-electron chi connectivity index (χ2n) is 5.99. The van der Waals surface area contributed by atoms with Crippen molar-refractivity contribution in [2.24, 2.45) is 0 Å². The first kappa shape index (κ1) is 22.9. The summed E-state index contributed by atoms with van der Waals surface area (Å²) in [6.45, 7) is 1.81. The van der Waals surface area contributed by atoms with E-state index in [0.717, 1.165) is 22.2 Å². The van der Waals surface area contributed by atoms with Crippen LogP contribution in [0.15, 0.2) is 51.8 Å². The van der Waals surface area contributed by atoms with Gasteiger partial charge in [0, 0.05) is 28.7 Å². The van der Waals surface area contributed by atoms with E-state index in [1.807, 2.05) is 19.1 Å². The zero-order valence-electron chi connectivity index (χ0n) is 15.0. The first-order valence-corrected chi connectivity index (χ1v) is 10.4. The maximum absolute atomic E-state index is 12.5. The van der Waals surface area contributed by atoms with Crippen molar-refractivity contribution in [2.45, 2.75) is 23.7 Å². The number of halogens is 4. The largest absolute Gasteiger partial charge is 0.501 e. The highest BCUT2D eigenvalue weighted by Crippen LogP contribution is 2.30. The van der Waals surface area contributed by atoms with Crippen LogP contribution in [0.4, 0.5) is 18.9 Å². The van der Waals surface area contributed by atoms with Crippen molar-refractivity contribution >= 4 is 43.3 Å². The van der Waals surface area contributed by atoms with E-state index in [1.165, 1.54) is 0 Å². The zero-order chi connectivity index (χ0) is 21.8. The number of benzene rings is 2. The molecule has 2 aromatic rings. The molecule has 2 rings (SSSR count). The monoisotopic (exact) mass is 492 g/mol. The molecule has 0 saturated carbocycles. The number of anilines is 1. The number of aryl methyl sites for hydroxylation is 1. The van der Waals surface area contributed by atoms with Gasteiger partial charge in [0.1, 0.15) is 0 Å². The Kier molecular flexibility index (Phi) is 7.06. The molecule has 0 aliphatic rings. The van der Waals surface area contributed by atoms with Gasteiger partial charge in [-0.05, 0) is 48.9 Å². The van der Waals surface area contributed by atoms with E-state index >= 15 is 0 Å². The minimum atomic E-state index is -5.47. The van der Waals surface area contributed by atoms with E-state index in [-0.39, 0.29) is 24.4 Å². The maximum Gasteiger partial charge on any atom is 0.501 e. The van der Waals surface area contributed by atoms with Crippen LogP contribution in [0.25, 0.3) is 0 Å². The summed E-state index contributed by atoms with van der Waals surface area (Å²) in [5.41, 5.74) is -3.97. The highest BCUT2D eigenvalue weighted by atomic mass is 79.9. The highest BCUT2D eigenvalue weighted by Gasteiger charge is 2.46. The summed E-state index contributed by atoms with van der Waals surface area (Å²) in [6, 6.07) is 8.75. The van der Waals surface area contributed by atoms with Crippen LogP contribution in [0.3, 0.4) is 0 Å². The Morgan fingerprint density at radius 3 is 2.28 bits per heavy atom. The lowest BCUT2D eigenvalue weighted by molar-refractivity contribution is -0.116. The molecule has 0 unspecified atom stereocenters. The van der Waals surface area contributed by atoms with Gasteiger partial charge in [-0.2, -0.15) is 13.2 Å². The van der Waals surface area contributed by atoms with E-state index in [1.54, 1.807) is 6.07 Å². The fourth-order valence-electron chi connectivity index (χ4n) is 2.25. The van der Waals surface area contributed by atoms with Gasteiger partial charge in [-0.25, -0.2) is 8.42 Å². The molecule has 0 radical (unpaired) electrons. The number of hydrogen-bond donors (Lipinski definition) is 2. The lowest BCUT2D eigenvalue weighted by Crippen LogP contribution is -2.28. The number of carbonyl (C=O) groups is 2. The van der Waals surface area contributed by atoms with Crippen LogP contribution in [-0.4, -0.2) is 32.3 Å². The molecule has 0 aliphatic heterocycles. The SMILES string of the molecule is Cc1ccc(Br)cc1NC(=O)CCNC(=O)c1ccc(S(=O)(=O)C(F)(F)F)cc1. The molecule has 11 heteroatoms. The van der Waals surface area contributed by atoms with Crippen molar-refractivity contribution in [3.05, 3.63) is 58.1 Å². The van der Waals surface area contributed by atoms with E-state index < -0.39 is 26.1 Å². The topological polar surface area (TPSA) is 92.3 Å². The van der Waals surface area contributed by atoms with Crippen LogP contribution in [-0.2, 0) is 14.6 Å². The fraction of sp³-hybridized carbons (Fsp3) is 0.222. The molecule has 2 aromatic carbocycles. The Bertz CT molecular complexity index is 1020. The van der Waals surface area contributed by atoms with Gasteiger partial charge >= 0.3 is 5.51 Å². The lowest BCUT2D eigenvalue weighted by Gasteiger charge is -2.10. The first-order chi connectivity index (χ1) is 13.4. The number of amides is 2. The van der Waals surface area contributed by atoms with Gasteiger partial charge in [0.2, 0.25) is 5.91 Å². The van der Waals surface area contributed by atoms with Crippen LogP contribution in [0.1, 0.15) is 22.3 Å². The molecule has 29 heavy (non-hydrogen) atoms. The Morgan fingerprint density at radius 2 is 1.69 bits per heavy atom. The average molecular weight is 493 g/mol. The quantitative estimate of drug-likeness (QED) is 0.641. The Labute approximate surface area is 173 Å². The zero-order valence-corrected chi connectivity index (χ0v) is 17.4. The molecular weight excluding hydrogens is 477 g/mol. The van der Waals surface area contributed by atoms with Gasteiger partial charge in [0.15, 0.2) is 0 Å². The third-order valence-electron chi connectivity index (χ3n) is 3.84. The molecular formula is C18H16BrF3N2O4S. The molecule has 2 N–H and O–H groups in total. The Morgan fingerprint density at radius 1 is 1.07 bits per heavy atom. The summed E-state index contributed by atoms with van der Waals surface area (Å²) in [5, 5.41) is 5.16. The smallest absolute Gasteiger partial charge is 0.352 e. The predicted octanol–water partition coefficient (Wildman–Crippen LogP) is 3.81. The van der Waals surface area contributed by atoms with Gasteiger partial charge in [0.25, 0.3) is 15.7 Å². The molecule has 0 aromatic heterocycles. The number of hydrogen-bond acceptors (Lipinski definition) is 4. The van der Waals surface area contributed by atoms with Crippen LogP contribution < -0.4 is 10.6 Å². The van der Waals surface area contributed by atoms with Crippen molar-refractivity contribution in [3.63, 3.8) is 0 Å². The molecule has 2 amide bonds. The summed E-state index contributed by atoms with van der Waals surface area (Å²) >= 11 is 3.30. The van der Waals surface area contributed by atoms with Crippen molar-refractivity contribution in [3.8, 4) is 0 Å². The third-order valence-corrected chi connectivity index (χ3v) is 5.84. The molecule has 0 aliphatic carbocycles. The van der Waals surface area contributed by atoms with E-state index in [4.69, 9.17) is 0 Å². The van der Waals surface area contributed by atoms with Crippen LogP contribution in [0, 0.1) is 6.92 Å². The second kappa shape index (κ2) is 8.95. The lowest BCUT2D eigenvalue weighted by atomic mass is 10.2. The van der Waals surface area contributed by atoms with Crippen molar-refractivity contribution < 1.29 is 31.2 Å². The van der Waals surface area contributed by atoms with Crippen molar-refractivity contribution in [1.29, 1.82) is 0 Å². The minimum Gasteiger partial charge on any atom is -0.352 e. The standard InChI is InChI=1S/C18H16BrF3N2O4S/c1-11-2-5-13(19)10-15(11)24-16(25)8-9-23-17(26)12-3-6-14(7-4-12)29(27,28)18(20,21)22/h2-7,10H,8-9H2,1H3,(H,23,26)(H,24,25). The summed E-state index contributed by atoms with van der Waals surface area (Å²) in [6.07, 6.45) is -0.0295. The van der Waals surface area contributed by atoms with Crippen molar-refractivity contribution in [1.82, 2.24) is 5.32 Å². The number of rotatable bonds is 6. The van der Waals surface area contributed by atoms with Gasteiger partial charge < -0.3 is 10.6 Å². The molecule has 156 valence electrons. The van der Waals surface area contributed by atoms with Crippen molar-refractivity contribution in [2.75, 3.05) is 11.9 Å². The number of carbonyl (C=O) groups excluding carboxylic acids is 2. The summed E-state index contributed by atoms with van der Waals surface area (Å²) in [7, 11) is -5.47. The number of alkyl halides is 3. The average Bonchev–Trinajstić information content (AvgIpc) is 2.64. The molecule has 0 atom stereocenters. The molecule has 6 nitrogen and oxygen atoms in total. The normalized spacial score (nSPS) is 11.8. The van der Waals surface area contributed by atoms with Gasteiger partial charge in [-0.3, -0.25) is 9.59 Å². The Balaban J connectivity index is 1.91. The summed E-state index contributed by atoms with van der Waals surface area (Å²) < 4.78 is 60.9. The van der Waals surface area contributed by atoms with Crippen LogP contribution in [0.2, 0.25) is 0 Å². The van der Waals surface area contributed by atoms with E-state index in [0.29, 0.717) is 17.8 Å². The predicted molar refractivity (Wildman–Crippen MR) is 104 cm³/mol. The Hall–Kier alpha value is -2.40. The summed E-state index contributed by atoms with van der Waals surface area (Å²) in [5.74, 6) is -0.981. The maximum atomic E-state index is 12.5.